The molecule has 0 unspecified atom stereocenters. The number of halogens is 1. The maximum Gasteiger partial charge on any atom is 0.312 e. The molecule has 0 bridgehead atoms. The van der Waals surface area contributed by atoms with Crippen LogP contribution in [0.3, 0.4) is 0 Å². The third kappa shape index (κ3) is 2.39. The van der Waals surface area contributed by atoms with Gasteiger partial charge in [-0.25, -0.2) is 4.98 Å². The monoisotopic (exact) mass is 271 g/mol. The maximum absolute atomic E-state index is 11.0. The van der Waals surface area contributed by atoms with Crippen LogP contribution in [0.15, 0.2) is 12.3 Å². The van der Waals surface area contributed by atoms with Gasteiger partial charge in [0.25, 0.3) is 0 Å². The minimum Gasteiger partial charge on any atom is -0.376 e. The third-order valence-electron chi connectivity index (χ3n) is 3.32. The highest BCUT2D eigenvalue weighted by atomic mass is 35.5. The molecule has 1 aliphatic rings. The van der Waals surface area contributed by atoms with Gasteiger partial charge in [-0.15, -0.1) is 0 Å². The standard InChI is InChI=1S/C11H14ClN3O3/c1-7-11(2,3-4-18-7)14-10-9(15(16)17)5-8(12)6-13-10/h5-7H,3-4H2,1-2H3,(H,13,14)/t7-,11+/m0/s1. The average molecular weight is 272 g/mol. The fourth-order valence-electron chi connectivity index (χ4n) is 1.93. The number of rotatable bonds is 3. The molecule has 1 N–H and O–H groups in total. The first-order chi connectivity index (χ1) is 8.42. The molecule has 1 aromatic rings. The average Bonchev–Trinajstić information content (AvgIpc) is 2.61. The first-order valence-corrected chi connectivity index (χ1v) is 6.00. The lowest BCUT2D eigenvalue weighted by atomic mass is 9.94. The predicted molar refractivity (Wildman–Crippen MR) is 68.0 cm³/mol. The van der Waals surface area contributed by atoms with Gasteiger partial charge in [0.2, 0.25) is 5.82 Å². The number of aromatic nitrogens is 1. The third-order valence-corrected chi connectivity index (χ3v) is 3.53. The van der Waals surface area contributed by atoms with Crippen molar-refractivity contribution in [2.45, 2.75) is 31.9 Å². The van der Waals surface area contributed by atoms with Crippen molar-refractivity contribution in [1.29, 1.82) is 0 Å². The molecule has 0 aliphatic carbocycles. The molecule has 1 aliphatic heterocycles. The summed E-state index contributed by atoms with van der Waals surface area (Å²) >= 11 is 5.72. The molecule has 0 amide bonds. The molecule has 98 valence electrons. The molecule has 0 spiro atoms. The molecule has 2 rings (SSSR count). The lowest BCUT2D eigenvalue weighted by Crippen LogP contribution is -2.41. The van der Waals surface area contributed by atoms with Crippen molar-refractivity contribution < 1.29 is 9.66 Å². The van der Waals surface area contributed by atoms with Crippen LogP contribution in [-0.2, 0) is 4.74 Å². The Bertz CT molecular complexity index is 483. The molecule has 1 aromatic heterocycles. The van der Waals surface area contributed by atoms with E-state index in [1.165, 1.54) is 12.3 Å². The van der Waals surface area contributed by atoms with E-state index in [9.17, 15) is 10.1 Å². The fourth-order valence-corrected chi connectivity index (χ4v) is 2.09. The smallest absolute Gasteiger partial charge is 0.312 e. The van der Waals surface area contributed by atoms with Crippen molar-refractivity contribution in [3.05, 3.63) is 27.4 Å². The Balaban J connectivity index is 2.31. The SMILES string of the molecule is C[C@@H]1OCC[C@@]1(C)Nc1ncc(Cl)cc1[N+](=O)[O-]. The molecule has 6 nitrogen and oxygen atoms in total. The van der Waals surface area contributed by atoms with Crippen LogP contribution in [0.25, 0.3) is 0 Å². The molecule has 7 heteroatoms. The molecule has 2 heterocycles. The first-order valence-electron chi connectivity index (χ1n) is 5.62. The number of nitrogens with zero attached hydrogens (tertiary/aromatic N) is 2. The second-order valence-electron chi connectivity index (χ2n) is 4.58. The highest BCUT2D eigenvalue weighted by Crippen LogP contribution is 2.33. The summed E-state index contributed by atoms with van der Waals surface area (Å²) < 4.78 is 5.48. The van der Waals surface area contributed by atoms with Crippen LogP contribution < -0.4 is 5.32 Å². The van der Waals surface area contributed by atoms with Crippen molar-refractivity contribution in [2.75, 3.05) is 11.9 Å². The minimum absolute atomic E-state index is 0.0328. The summed E-state index contributed by atoms with van der Waals surface area (Å²) in [6, 6.07) is 1.29. The Morgan fingerprint density at radius 3 is 3.00 bits per heavy atom. The van der Waals surface area contributed by atoms with E-state index in [1.807, 2.05) is 13.8 Å². The summed E-state index contributed by atoms with van der Waals surface area (Å²) in [6.45, 7) is 4.53. The van der Waals surface area contributed by atoms with Crippen molar-refractivity contribution in [2.24, 2.45) is 0 Å². The number of anilines is 1. The summed E-state index contributed by atoms with van der Waals surface area (Å²) in [5.41, 5.74) is -0.478. The van der Waals surface area contributed by atoms with Crippen LogP contribution in [-0.4, -0.2) is 28.2 Å². The predicted octanol–water partition coefficient (Wildman–Crippen LogP) is 2.62. The Hall–Kier alpha value is -1.40. The van der Waals surface area contributed by atoms with Crippen LogP contribution in [0.5, 0.6) is 0 Å². The topological polar surface area (TPSA) is 77.3 Å². The number of hydrogen-bond donors (Lipinski definition) is 1. The molecule has 0 aromatic carbocycles. The van der Waals surface area contributed by atoms with E-state index < -0.39 is 4.92 Å². The molecular formula is C11H14ClN3O3. The van der Waals surface area contributed by atoms with Crippen molar-refractivity contribution >= 4 is 23.1 Å². The Morgan fingerprint density at radius 2 is 2.44 bits per heavy atom. The van der Waals surface area contributed by atoms with E-state index in [0.29, 0.717) is 6.61 Å². The largest absolute Gasteiger partial charge is 0.376 e. The van der Waals surface area contributed by atoms with Gasteiger partial charge >= 0.3 is 5.69 Å². The molecule has 1 saturated heterocycles. The molecule has 1 fully saturated rings. The van der Waals surface area contributed by atoms with E-state index in [4.69, 9.17) is 16.3 Å². The molecule has 2 atom stereocenters. The Kier molecular flexibility index (Phi) is 3.41. The van der Waals surface area contributed by atoms with E-state index in [2.05, 4.69) is 10.3 Å². The Morgan fingerprint density at radius 1 is 1.72 bits per heavy atom. The van der Waals surface area contributed by atoms with Gasteiger partial charge in [-0.05, 0) is 20.3 Å². The van der Waals surface area contributed by atoms with Crippen LogP contribution in [0.4, 0.5) is 11.5 Å². The zero-order valence-corrected chi connectivity index (χ0v) is 10.9. The zero-order valence-electron chi connectivity index (χ0n) is 10.1. The molecule has 18 heavy (non-hydrogen) atoms. The van der Waals surface area contributed by atoms with Gasteiger partial charge in [0.1, 0.15) is 0 Å². The van der Waals surface area contributed by atoms with E-state index in [0.717, 1.165) is 6.42 Å². The molecule has 0 saturated carbocycles. The fraction of sp³-hybridized carbons (Fsp3) is 0.545. The van der Waals surface area contributed by atoms with Crippen LogP contribution in [0.1, 0.15) is 20.3 Å². The lowest BCUT2D eigenvalue weighted by molar-refractivity contribution is -0.384. The molecular weight excluding hydrogens is 258 g/mol. The highest BCUT2D eigenvalue weighted by molar-refractivity contribution is 6.30. The van der Waals surface area contributed by atoms with Crippen molar-refractivity contribution in [3.8, 4) is 0 Å². The van der Waals surface area contributed by atoms with Crippen LogP contribution in [0, 0.1) is 10.1 Å². The van der Waals surface area contributed by atoms with Crippen molar-refractivity contribution in [1.82, 2.24) is 4.98 Å². The maximum atomic E-state index is 11.0. The quantitative estimate of drug-likeness (QED) is 0.675. The van der Waals surface area contributed by atoms with Gasteiger partial charge < -0.3 is 10.1 Å². The van der Waals surface area contributed by atoms with Gasteiger partial charge in [0.05, 0.1) is 21.6 Å². The number of nitrogens with one attached hydrogen (secondary N) is 1. The van der Waals surface area contributed by atoms with Crippen LogP contribution in [0.2, 0.25) is 5.02 Å². The summed E-state index contributed by atoms with van der Waals surface area (Å²) in [5.74, 6) is 0.226. The zero-order chi connectivity index (χ0) is 13.3. The second kappa shape index (κ2) is 4.70. The Labute approximate surface area is 109 Å². The normalized spacial score (nSPS) is 27.2. The summed E-state index contributed by atoms with van der Waals surface area (Å²) in [6.07, 6.45) is 2.13. The van der Waals surface area contributed by atoms with E-state index >= 15 is 0 Å². The van der Waals surface area contributed by atoms with E-state index in [-0.39, 0.29) is 28.2 Å². The summed E-state index contributed by atoms with van der Waals surface area (Å²) in [7, 11) is 0. The highest BCUT2D eigenvalue weighted by Gasteiger charge is 2.38. The van der Waals surface area contributed by atoms with Gasteiger partial charge in [-0.2, -0.15) is 0 Å². The second-order valence-corrected chi connectivity index (χ2v) is 5.02. The van der Waals surface area contributed by atoms with E-state index in [1.54, 1.807) is 0 Å². The van der Waals surface area contributed by atoms with Crippen LogP contribution >= 0.6 is 11.6 Å². The number of nitro groups is 1. The van der Waals surface area contributed by atoms with Gasteiger partial charge in [0.15, 0.2) is 0 Å². The van der Waals surface area contributed by atoms with Gasteiger partial charge in [-0.3, -0.25) is 10.1 Å². The summed E-state index contributed by atoms with van der Waals surface area (Å²) in [5, 5.41) is 14.3. The number of pyridine rings is 1. The first kappa shape index (κ1) is 13.0. The van der Waals surface area contributed by atoms with Crippen molar-refractivity contribution in [3.63, 3.8) is 0 Å². The summed E-state index contributed by atoms with van der Waals surface area (Å²) in [4.78, 5) is 14.5. The van der Waals surface area contributed by atoms with Gasteiger partial charge in [-0.1, -0.05) is 11.6 Å². The molecule has 0 radical (unpaired) electrons. The lowest BCUT2D eigenvalue weighted by Gasteiger charge is -2.29. The minimum atomic E-state index is -0.495. The van der Waals surface area contributed by atoms with Gasteiger partial charge in [0, 0.05) is 18.9 Å². The number of ether oxygens (including phenoxy) is 1. The number of hydrogen-bond acceptors (Lipinski definition) is 5.